The van der Waals surface area contributed by atoms with E-state index in [4.69, 9.17) is 5.26 Å². The van der Waals surface area contributed by atoms with Gasteiger partial charge in [0.15, 0.2) is 6.19 Å². The number of fused-ring (bicyclic) bond motifs is 1. The van der Waals surface area contributed by atoms with Gasteiger partial charge in [-0.1, -0.05) is 24.3 Å². The molecule has 0 N–H and O–H groups in total. The van der Waals surface area contributed by atoms with Crippen LogP contribution in [0.3, 0.4) is 0 Å². The number of hydrogen-bond donors (Lipinski definition) is 0. The SMILES string of the molecule is N#CN1CCc2ccccc2C1C(F)(F)C(F)(F)C(F)(F)F. The highest BCUT2D eigenvalue weighted by atomic mass is 19.4. The van der Waals surface area contributed by atoms with E-state index < -0.39 is 29.6 Å². The second-order valence-electron chi connectivity index (χ2n) is 4.84. The fourth-order valence-corrected chi connectivity index (χ4v) is 2.43. The minimum Gasteiger partial charge on any atom is -0.296 e. The normalized spacial score (nSPS) is 19.5. The summed E-state index contributed by atoms with van der Waals surface area (Å²) in [5.74, 6) is -11.7. The van der Waals surface area contributed by atoms with Crippen LogP contribution in [-0.4, -0.2) is 29.5 Å². The third kappa shape index (κ3) is 2.26. The summed E-state index contributed by atoms with van der Waals surface area (Å²) in [6.07, 6.45) is -5.04. The Morgan fingerprint density at radius 1 is 1.05 bits per heavy atom. The lowest BCUT2D eigenvalue weighted by Crippen LogP contribution is -2.58. The van der Waals surface area contributed by atoms with Crippen LogP contribution in [0.4, 0.5) is 30.7 Å². The van der Waals surface area contributed by atoms with Crippen molar-refractivity contribution in [3.8, 4) is 6.19 Å². The quantitative estimate of drug-likeness (QED) is 0.609. The molecule has 0 radical (unpaired) electrons. The summed E-state index contributed by atoms with van der Waals surface area (Å²) in [4.78, 5) is 0.266. The maximum Gasteiger partial charge on any atom is 0.459 e. The van der Waals surface area contributed by atoms with Crippen molar-refractivity contribution < 1.29 is 30.7 Å². The minimum atomic E-state index is -6.43. The molecule has 0 fully saturated rings. The van der Waals surface area contributed by atoms with Gasteiger partial charge in [0.25, 0.3) is 0 Å². The summed E-state index contributed by atoms with van der Waals surface area (Å²) in [6, 6.07) is 2.42. The van der Waals surface area contributed by atoms with Gasteiger partial charge in [-0.25, -0.2) is 0 Å². The minimum absolute atomic E-state index is 0.105. The highest BCUT2D eigenvalue weighted by Crippen LogP contribution is 2.54. The zero-order chi connectivity index (χ0) is 16.8. The molecule has 1 aromatic carbocycles. The molecule has 0 saturated carbocycles. The maximum absolute atomic E-state index is 14.0. The lowest BCUT2D eigenvalue weighted by molar-refractivity contribution is -0.365. The van der Waals surface area contributed by atoms with Gasteiger partial charge >= 0.3 is 18.0 Å². The molecule has 1 aliphatic rings. The number of nitrogens with zero attached hydrogens (tertiary/aromatic N) is 2. The second kappa shape index (κ2) is 5.04. The van der Waals surface area contributed by atoms with Crippen molar-refractivity contribution in [2.45, 2.75) is 30.5 Å². The summed E-state index contributed by atoms with van der Waals surface area (Å²) in [5, 5.41) is 8.84. The van der Waals surface area contributed by atoms with Crippen molar-refractivity contribution in [3.05, 3.63) is 35.4 Å². The third-order valence-corrected chi connectivity index (χ3v) is 3.53. The Hall–Kier alpha value is -1.98. The monoisotopic (exact) mass is 326 g/mol. The van der Waals surface area contributed by atoms with E-state index in [-0.39, 0.29) is 23.4 Å². The Kier molecular flexibility index (Phi) is 3.75. The fourth-order valence-electron chi connectivity index (χ4n) is 2.43. The molecular weight excluding hydrogens is 317 g/mol. The summed E-state index contributed by atoms with van der Waals surface area (Å²) < 4.78 is 91.7. The van der Waals surface area contributed by atoms with Gasteiger partial charge in [0.05, 0.1) is 0 Å². The van der Waals surface area contributed by atoms with Crippen LogP contribution in [0.25, 0.3) is 0 Å². The van der Waals surface area contributed by atoms with Crippen molar-refractivity contribution in [1.82, 2.24) is 4.90 Å². The van der Waals surface area contributed by atoms with Crippen LogP contribution < -0.4 is 0 Å². The number of benzene rings is 1. The van der Waals surface area contributed by atoms with Crippen molar-refractivity contribution in [2.75, 3.05) is 6.54 Å². The number of hydrogen-bond acceptors (Lipinski definition) is 2. The van der Waals surface area contributed by atoms with Crippen LogP contribution in [0.15, 0.2) is 24.3 Å². The molecule has 0 saturated heterocycles. The second-order valence-corrected chi connectivity index (χ2v) is 4.84. The Bertz CT molecular complexity index is 603. The maximum atomic E-state index is 14.0. The standard InChI is InChI=1S/C13H9F7N2/c14-11(15,12(16,17)13(18,19)20)10-9-4-2-1-3-8(9)5-6-22(10)7-21/h1-4,10H,5-6H2. The largest absolute Gasteiger partial charge is 0.459 e. The zero-order valence-corrected chi connectivity index (χ0v) is 10.8. The number of rotatable bonds is 2. The lowest BCUT2D eigenvalue weighted by atomic mass is 9.86. The van der Waals surface area contributed by atoms with Crippen LogP contribution in [0.2, 0.25) is 0 Å². The van der Waals surface area contributed by atoms with Crippen LogP contribution in [0.5, 0.6) is 0 Å². The molecule has 120 valence electrons. The molecule has 0 bridgehead atoms. The van der Waals surface area contributed by atoms with E-state index in [1.807, 2.05) is 0 Å². The van der Waals surface area contributed by atoms with Gasteiger partial charge in [0.2, 0.25) is 0 Å². The molecule has 0 amide bonds. The molecule has 22 heavy (non-hydrogen) atoms. The van der Waals surface area contributed by atoms with Gasteiger partial charge in [0, 0.05) is 6.54 Å². The highest BCUT2D eigenvalue weighted by Gasteiger charge is 2.76. The van der Waals surface area contributed by atoms with E-state index in [1.54, 1.807) is 0 Å². The van der Waals surface area contributed by atoms with Crippen molar-refractivity contribution in [3.63, 3.8) is 0 Å². The van der Waals surface area contributed by atoms with Gasteiger partial charge in [0.1, 0.15) is 6.04 Å². The van der Waals surface area contributed by atoms with E-state index in [2.05, 4.69) is 0 Å². The summed E-state index contributed by atoms with van der Waals surface area (Å²) in [6.45, 7) is -0.359. The van der Waals surface area contributed by atoms with E-state index in [0.717, 1.165) is 6.07 Å². The predicted octanol–water partition coefficient (Wildman–Crippen LogP) is 3.90. The Labute approximate surface area is 120 Å². The number of halogens is 7. The van der Waals surface area contributed by atoms with Crippen molar-refractivity contribution in [2.24, 2.45) is 0 Å². The average Bonchev–Trinajstić information content (AvgIpc) is 2.44. The molecule has 2 rings (SSSR count). The molecule has 2 nitrogen and oxygen atoms in total. The van der Waals surface area contributed by atoms with Crippen molar-refractivity contribution >= 4 is 0 Å². The lowest BCUT2D eigenvalue weighted by Gasteiger charge is -2.41. The topological polar surface area (TPSA) is 27.0 Å². The number of alkyl halides is 7. The first-order valence-electron chi connectivity index (χ1n) is 6.10. The Morgan fingerprint density at radius 2 is 1.64 bits per heavy atom. The zero-order valence-electron chi connectivity index (χ0n) is 10.8. The van der Waals surface area contributed by atoms with Gasteiger partial charge in [-0.05, 0) is 17.5 Å². The highest BCUT2D eigenvalue weighted by molar-refractivity contribution is 5.35. The smallest absolute Gasteiger partial charge is 0.296 e. The van der Waals surface area contributed by atoms with E-state index in [1.165, 1.54) is 24.4 Å². The Balaban J connectivity index is 2.60. The molecule has 0 aliphatic carbocycles. The predicted molar refractivity (Wildman–Crippen MR) is 61.2 cm³/mol. The molecule has 9 heteroatoms. The average molecular weight is 326 g/mol. The first-order valence-corrected chi connectivity index (χ1v) is 6.10. The third-order valence-electron chi connectivity index (χ3n) is 3.53. The molecule has 0 spiro atoms. The Morgan fingerprint density at radius 3 is 2.18 bits per heavy atom. The fraction of sp³-hybridized carbons (Fsp3) is 0.462. The summed E-state index contributed by atoms with van der Waals surface area (Å²) in [5.41, 5.74) is -0.180. The molecule has 1 aromatic rings. The first kappa shape index (κ1) is 16.4. The summed E-state index contributed by atoms with van der Waals surface area (Å²) in [7, 11) is 0. The number of nitriles is 1. The van der Waals surface area contributed by atoms with Crippen LogP contribution >= 0.6 is 0 Å². The van der Waals surface area contributed by atoms with E-state index in [0.29, 0.717) is 0 Å². The summed E-state index contributed by atoms with van der Waals surface area (Å²) >= 11 is 0. The van der Waals surface area contributed by atoms with Gasteiger partial charge in [-0.3, -0.25) is 4.90 Å². The van der Waals surface area contributed by atoms with E-state index in [9.17, 15) is 30.7 Å². The van der Waals surface area contributed by atoms with E-state index >= 15 is 0 Å². The molecular formula is C13H9F7N2. The van der Waals surface area contributed by atoms with Crippen LogP contribution in [-0.2, 0) is 6.42 Å². The molecule has 1 atom stereocenters. The molecule has 0 aromatic heterocycles. The molecule has 1 heterocycles. The van der Waals surface area contributed by atoms with Gasteiger partial charge in [-0.2, -0.15) is 36.0 Å². The molecule has 1 aliphatic heterocycles. The molecule has 1 unspecified atom stereocenters. The van der Waals surface area contributed by atoms with Crippen LogP contribution in [0.1, 0.15) is 17.2 Å². The van der Waals surface area contributed by atoms with Gasteiger partial charge in [-0.15, -0.1) is 0 Å². The van der Waals surface area contributed by atoms with Crippen molar-refractivity contribution in [1.29, 1.82) is 5.26 Å². The van der Waals surface area contributed by atoms with Gasteiger partial charge < -0.3 is 0 Å². The van der Waals surface area contributed by atoms with Crippen LogP contribution in [0, 0.1) is 11.5 Å². The first-order chi connectivity index (χ1) is 10.0.